The van der Waals surface area contributed by atoms with E-state index in [-0.39, 0.29) is 18.4 Å². The normalized spacial score (nSPS) is 10.6. The number of hydrogen-bond acceptors (Lipinski definition) is 6. The zero-order valence-corrected chi connectivity index (χ0v) is 18.5. The fraction of sp³-hybridized carbons (Fsp3) is 0.154. The van der Waals surface area contributed by atoms with Gasteiger partial charge in [0.25, 0.3) is 11.8 Å². The number of anilines is 2. The predicted molar refractivity (Wildman–Crippen MR) is 132 cm³/mol. The van der Waals surface area contributed by atoms with Crippen molar-refractivity contribution in [3.63, 3.8) is 0 Å². The quantitative estimate of drug-likeness (QED) is 0.287. The van der Waals surface area contributed by atoms with E-state index < -0.39 is 0 Å². The predicted octanol–water partition coefficient (Wildman–Crippen LogP) is 3.61. The second-order valence-electron chi connectivity index (χ2n) is 7.65. The number of aliphatic hydroxyl groups excluding tert-OH is 1. The maximum absolute atomic E-state index is 13.0. The summed E-state index contributed by atoms with van der Waals surface area (Å²) >= 11 is 0. The summed E-state index contributed by atoms with van der Waals surface area (Å²) in [5.41, 5.74) is 2.28. The number of amides is 2. The number of carbonyl (C=O) groups is 2. The first-order chi connectivity index (χ1) is 16.6. The van der Waals surface area contributed by atoms with Crippen LogP contribution in [0, 0.1) is 0 Å². The number of benzene rings is 2. The molecule has 8 nitrogen and oxygen atoms in total. The number of aliphatic hydroxyl groups is 1. The van der Waals surface area contributed by atoms with Crippen molar-refractivity contribution in [2.75, 3.05) is 23.8 Å². The van der Waals surface area contributed by atoms with E-state index in [1.807, 2.05) is 42.5 Å². The van der Waals surface area contributed by atoms with Gasteiger partial charge in [0.2, 0.25) is 0 Å². The number of nitrogens with one attached hydrogen (secondary N) is 3. The first kappa shape index (κ1) is 22.9. The van der Waals surface area contributed by atoms with Crippen LogP contribution >= 0.6 is 0 Å². The number of rotatable bonds is 9. The van der Waals surface area contributed by atoms with Crippen LogP contribution in [0.3, 0.4) is 0 Å². The van der Waals surface area contributed by atoms with Crippen molar-refractivity contribution >= 4 is 34.1 Å². The van der Waals surface area contributed by atoms with Crippen molar-refractivity contribution in [1.82, 2.24) is 15.3 Å². The van der Waals surface area contributed by atoms with Gasteiger partial charge >= 0.3 is 0 Å². The van der Waals surface area contributed by atoms with Crippen LogP contribution in [0.4, 0.5) is 11.5 Å². The molecule has 0 aliphatic carbocycles. The SMILES string of the molecule is O=C(NCCCO)c1cc(CNc2ccccc2C(=O)Nc2cc3ccccc3cn2)ccn1. The molecule has 0 radical (unpaired) electrons. The molecule has 2 aromatic carbocycles. The molecule has 0 spiro atoms. The standard InChI is InChI=1S/C26H25N5O3/c32-13-5-11-28-26(34)23-14-18(10-12-27-23)16-29-22-9-4-3-8-21(22)25(33)31-24-15-19-6-1-2-7-20(19)17-30-24/h1-4,6-10,12,14-15,17,29,32H,5,11,13,16H2,(H,28,34)(H,30,31,33). The van der Waals surface area contributed by atoms with Gasteiger partial charge in [-0.25, -0.2) is 4.98 Å². The lowest BCUT2D eigenvalue weighted by Gasteiger charge is -2.13. The largest absolute Gasteiger partial charge is 0.396 e. The van der Waals surface area contributed by atoms with E-state index in [0.29, 0.717) is 42.3 Å². The van der Waals surface area contributed by atoms with E-state index in [9.17, 15) is 9.59 Å². The summed E-state index contributed by atoms with van der Waals surface area (Å²) in [6.07, 6.45) is 3.79. The number of carbonyl (C=O) groups excluding carboxylic acids is 2. The Balaban J connectivity index is 1.43. The molecule has 2 heterocycles. The topological polar surface area (TPSA) is 116 Å². The summed E-state index contributed by atoms with van der Waals surface area (Å²) in [5.74, 6) is -0.0907. The first-order valence-electron chi connectivity index (χ1n) is 11.0. The maximum Gasteiger partial charge on any atom is 0.269 e. The Morgan fingerprint density at radius 3 is 2.53 bits per heavy atom. The summed E-state index contributed by atoms with van der Waals surface area (Å²) in [4.78, 5) is 33.6. The molecule has 0 unspecified atom stereocenters. The third-order valence-corrected chi connectivity index (χ3v) is 5.20. The second kappa shape index (κ2) is 11.0. The number of fused-ring (bicyclic) bond motifs is 1. The zero-order chi connectivity index (χ0) is 23.8. The molecule has 4 N–H and O–H groups in total. The number of aromatic nitrogens is 2. The van der Waals surface area contributed by atoms with Crippen LogP contribution in [0.5, 0.6) is 0 Å². The summed E-state index contributed by atoms with van der Waals surface area (Å²) in [6, 6.07) is 20.4. The van der Waals surface area contributed by atoms with Gasteiger partial charge in [0.15, 0.2) is 0 Å². The van der Waals surface area contributed by atoms with E-state index in [1.165, 1.54) is 0 Å². The van der Waals surface area contributed by atoms with E-state index in [0.717, 1.165) is 16.3 Å². The number of hydrogen-bond donors (Lipinski definition) is 4. The Morgan fingerprint density at radius 2 is 1.68 bits per heavy atom. The van der Waals surface area contributed by atoms with Crippen LogP contribution in [0.15, 0.2) is 79.1 Å². The fourth-order valence-electron chi connectivity index (χ4n) is 3.45. The Kier molecular flexibility index (Phi) is 7.42. The third-order valence-electron chi connectivity index (χ3n) is 5.20. The lowest BCUT2D eigenvalue weighted by molar-refractivity contribution is 0.0945. The van der Waals surface area contributed by atoms with Gasteiger partial charge < -0.3 is 21.1 Å². The highest BCUT2D eigenvalue weighted by molar-refractivity contribution is 6.08. The van der Waals surface area contributed by atoms with Gasteiger partial charge in [0.05, 0.1) is 5.56 Å². The number of pyridine rings is 2. The Labute approximate surface area is 197 Å². The minimum atomic E-state index is -0.294. The summed E-state index contributed by atoms with van der Waals surface area (Å²) in [7, 11) is 0. The van der Waals surface area contributed by atoms with Gasteiger partial charge in [0, 0.05) is 43.2 Å². The Bertz CT molecular complexity index is 1310. The van der Waals surface area contributed by atoms with Crippen LogP contribution in [-0.2, 0) is 6.54 Å². The van der Waals surface area contributed by atoms with E-state index in [2.05, 4.69) is 25.9 Å². The zero-order valence-electron chi connectivity index (χ0n) is 18.5. The Hall–Kier alpha value is -4.30. The molecule has 0 aliphatic heterocycles. The molecule has 0 fully saturated rings. The Morgan fingerprint density at radius 1 is 0.882 bits per heavy atom. The molecule has 4 rings (SSSR count). The number of para-hydroxylation sites is 1. The van der Waals surface area contributed by atoms with Crippen LogP contribution < -0.4 is 16.0 Å². The van der Waals surface area contributed by atoms with Crippen molar-refractivity contribution in [3.05, 3.63) is 95.9 Å². The van der Waals surface area contributed by atoms with Gasteiger partial charge in [-0.2, -0.15) is 0 Å². The lowest BCUT2D eigenvalue weighted by Crippen LogP contribution is -2.26. The van der Waals surface area contributed by atoms with Crippen molar-refractivity contribution in [2.45, 2.75) is 13.0 Å². The minimum absolute atomic E-state index is 0.0155. The smallest absolute Gasteiger partial charge is 0.269 e. The van der Waals surface area contributed by atoms with E-state index in [4.69, 9.17) is 5.11 Å². The van der Waals surface area contributed by atoms with Crippen LogP contribution in [-0.4, -0.2) is 40.0 Å². The second-order valence-corrected chi connectivity index (χ2v) is 7.65. The van der Waals surface area contributed by atoms with Crippen LogP contribution in [0.1, 0.15) is 32.8 Å². The summed E-state index contributed by atoms with van der Waals surface area (Å²) < 4.78 is 0. The molecular weight excluding hydrogens is 430 g/mol. The molecule has 8 heteroatoms. The average molecular weight is 456 g/mol. The van der Waals surface area contributed by atoms with Gasteiger partial charge in [-0.05, 0) is 47.7 Å². The average Bonchev–Trinajstić information content (AvgIpc) is 2.88. The minimum Gasteiger partial charge on any atom is -0.396 e. The van der Waals surface area contributed by atoms with Gasteiger partial charge in [-0.3, -0.25) is 14.6 Å². The van der Waals surface area contributed by atoms with Crippen LogP contribution in [0.2, 0.25) is 0 Å². The molecule has 0 saturated carbocycles. The monoisotopic (exact) mass is 455 g/mol. The first-order valence-corrected chi connectivity index (χ1v) is 11.0. The summed E-state index contributed by atoms with van der Waals surface area (Å²) in [6.45, 7) is 0.799. The highest BCUT2D eigenvalue weighted by atomic mass is 16.3. The molecule has 4 aromatic rings. The molecular formula is C26H25N5O3. The van der Waals surface area contributed by atoms with Crippen LogP contribution in [0.25, 0.3) is 10.8 Å². The van der Waals surface area contributed by atoms with Crippen molar-refractivity contribution in [3.8, 4) is 0 Å². The fourth-order valence-corrected chi connectivity index (χ4v) is 3.45. The molecule has 2 aromatic heterocycles. The van der Waals surface area contributed by atoms with E-state index >= 15 is 0 Å². The molecule has 0 aliphatic rings. The van der Waals surface area contributed by atoms with Crippen molar-refractivity contribution in [2.24, 2.45) is 0 Å². The summed E-state index contributed by atoms with van der Waals surface area (Å²) in [5, 5.41) is 19.7. The molecule has 0 bridgehead atoms. The highest BCUT2D eigenvalue weighted by Crippen LogP contribution is 2.20. The molecule has 0 atom stereocenters. The number of nitrogens with zero attached hydrogens (tertiary/aromatic N) is 2. The molecule has 2 amide bonds. The van der Waals surface area contributed by atoms with Crippen molar-refractivity contribution < 1.29 is 14.7 Å². The molecule has 0 saturated heterocycles. The molecule has 172 valence electrons. The lowest BCUT2D eigenvalue weighted by atomic mass is 10.1. The van der Waals surface area contributed by atoms with E-state index in [1.54, 1.807) is 36.7 Å². The van der Waals surface area contributed by atoms with Gasteiger partial charge in [0.1, 0.15) is 11.5 Å². The highest BCUT2D eigenvalue weighted by Gasteiger charge is 2.13. The maximum atomic E-state index is 13.0. The molecule has 34 heavy (non-hydrogen) atoms. The van der Waals surface area contributed by atoms with Gasteiger partial charge in [-0.15, -0.1) is 0 Å². The van der Waals surface area contributed by atoms with Crippen molar-refractivity contribution in [1.29, 1.82) is 0 Å². The van der Waals surface area contributed by atoms with Gasteiger partial charge in [-0.1, -0.05) is 36.4 Å². The third kappa shape index (κ3) is 5.73.